The molecule has 7 nitrogen and oxygen atoms in total. The lowest BCUT2D eigenvalue weighted by Crippen LogP contribution is -2.60. The summed E-state index contributed by atoms with van der Waals surface area (Å²) in [6.45, 7) is 0.918. The van der Waals surface area contributed by atoms with Gasteiger partial charge in [0.1, 0.15) is 30.2 Å². The Balaban J connectivity index is 2.08. The highest BCUT2D eigenvalue weighted by molar-refractivity contribution is 5.94. The number of hydrogen-bond acceptors (Lipinski definition) is 7. The number of Topliss-reactive ketones (excluding diaryl/α,β-unsaturated/α-hetero) is 1. The first-order chi connectivity index (χ1) is 9.93. The molecule has 1 fully saturated rings. The summed E-state index contributed by atoms with van der Waals surface area (Å²) in [5.74, 6) is 0.235. The van der Waals surface area contributed by atoms with E-state index in [4.69, 9.17) is 14.6 Å². The van der Waals surface area contributed by atoms with E-state index in [1.54, 1.807) is 12.1 Å². The van der Waals surface area contributed by atoms with E-state index in [2.05, 4.69) is 0 Å². The Morgan fingerprint density at radius 3 is 2.29 bits per heavy atom. The van der Waals surface area contributed by atoms with Gasteiger partial charge in [-0.25, -0.2) is 0 Å². The van der Waals surface area contributed by atoms with Gasteiger partial charge in [-0.3, -0.25) is 4.79 Å². The van der Waals surface area contributed by atoms with Crippen molar-refractivity contribution < 1.29 is 34.7 Å². The Morgan fingerprint density at radius 2 is 1.76 bits per heavy atom. The predicted octanol–water partition coefficient (Wildman–Crippen LogP) is -0.932. The molecule has 0 saturated carbocycles. The minimum absolute atomic E-state index is 0.0885. The van der Waals surface area contributed by atoms with Gasteiger partial charge in [-0.2, -0.15) is 0 Å². The van der Waals surface area contributed by atoms with Gasteiger partial charge in [0.25, 0.3) is 0 Å². The number of ketones is 1. The number of benzene rings is 1. The number of aliphatic hydroxyl groups is 4. The summed E-state index contributed by atoms with van der Waals surface area (Å²) < 4.78 is 10.6. The van der Waals surface area contributed by atoms with Crippen molar-refractivity contribution in [1.29, 1.82) is 0 Å². The summed E-state index contributed by atoms with van der Waals surface area (Å²) >= 11 is 0. The molecule has 0 radical (unpaired) electrons. The van der Waals surface area contributed by atoms with Crippen molar-refractivity contribution in [1.82, 2.24) is 0 Å². The van der Waals surface area contributed by atoms with Crippen molar-refractivity contribution in [2.75, 3.05) is 6.61 Å². The van der Waals surface area contributed by atoms with Gasteiger partial charge in [0.15, 0.2) is 5.78 Å². The van der Waals surface area contributed by atoms with E-state index in [9.17, 15) is 20.1 Å². The third-order valence-corrected chi connectivity index (χ3v) is 3.36. The molecule has 0 spiro atoms. The highest BCUT2D eigenvalue weighted by Crippen LogP contribution is 2.24. The number of rotatable bonds is 4. The van der Waals surface area contributed by atoms with E-state index in [1.807, 2.05) is 0 Å². The molecule has 0 amide bonds. The van der Waals surface area contributed by atoms with E-state index in [1.165, 1.54) is 19.1 Å². The van der Waals surface area contributed by atoms with Gasteiger partial charge >= 0.3 is 0 Å². The second-order valence-corrected chi connectivity index (χ2v) is 4.90. The maximum absolute atomic E-state index is 11.2. The van der Waals surface area contributed by atoms with Crippen LogP contribution in [0.25, 0.3) is 0 Å². The van der Waals surface area contributed by atoms with Gasteiger partial charge in [0.05, 0.1) is 6.61 Å². The fourth-order valence-electron chi connectivity index (χ4n) is 2.07. The molecular weight excluding hydrogens is 280 g/mol. The highest BCUT2D eigenvalue weighted by Gasteiger charge is 2.44. The van der Waals surface area contributed by atoms with Gasteiger partial charge in [-0.05, 0) is 31.2 Å². The topological polar surface area (TPSA) is 116 Å². The van der Waals surface area contributed by atoms with Crippen molar-refractivity contribution in [3.8, 4) is 5.75 Å². The molecule has 2 rings (SSSR count). The number of ether oxygens (including phenoxy) is 2. The summed E-state index contributed by atoms with van der Waals surface area (Å²) in [7, 11) is 0. The van der Waals surface area contributed by atoms with Gasteiger partial charge in [0, 0.05) is 5.56 Å². The minimum Gasteiger partial charge on any atom is -0.462 e. The summed E-state index contributed by atoms with van der Waals surface area (Å²) in [4.78, 5) is 11.2. The van der Waals surface area contributed by atoms with Crippen LogP contribution >= 0.6 is 0 Å². The molecule has 1 aromatic carbocycles. The van der Waals surface area contributed by atoms with Crippen LogP contribution in [0, 0.1) is 0 Å². The lowest BCUT2D eigenvalue weighted by atomic mass is 9.99. The average Bonchev–Trinajstić information content (AvgIpc) is 2.48. The van der Waals surface area contributed by atoms with Crippen LogP contribution < -0.4 is 4.74 Å². The number of carbonyl (C=O) groups is 1. The fourth-order valence-corrected chi connectivity index (χ4v) is 2.07. The van der Waals surface area contributed by atoms with Crippen LogP contribution in [0.3, 0.4) is 0 Å². The van der Waals surface area contributed by atoms with Crippen LogP contribution in [0.15, 0.2) is 24.3 Å². The molecule has 7 heteroatoms. The zero-order valence-corrected chi connectivity index (χ0v) is 11.4. The first-order valence-corrected chi connectivity index (χ1v) is 6.52. The van der Waals surface area contributed by atoms with Crippen LogP contribution in [0.2, 0.25) is 0 Å². The lowest BCUT2D eigenvalue weighted by molar-refractivity contribution is -0.277. The Kier molecular flexibility index (Phi) is 4.92. The lowest BCUT2D eigenvalue weighted by Gasteiger charge is -2.39. The van der Waals surface area contributed by atoms with Gasteiger partial charge < -0.3 is 29.9 Å². The van der Waals surface area contributed by atoms with Crippen molar-refractivity contribution in [2.45, 2.75) is 37.6 Å². The van der Waals surface area contributed by atoms with E-state index >= 15 is 0 Å². The van der Waals surface area contributed by atoms with E-state index in [0.29, 0.717) is 11.3 Å². The fraction of sp³-hybridized carbons (Fsp3) is 0.500. The Hall–Kier alpha value is -1.51. The molecule has 0 unspecified atom stereocenters. The van der Waals surface area contributed by atoms with Crippen LogP contribution in [-0.2, 0) is 4.74 Å². The maximum atomic E-state index is 11.2. The van der Waals surface area contributed by atoms with Crippen LogP contribution in [0.4, 0.5) is 0 Å². The Bertz CT molecular complexity index is 485. The quantitative estimate of drug-likeness (QED) is 0.530. The number of aliphatic hydroxyl groups excluding tert-OH is 4. The van der Waals surface area contributed by atoms with Crippen LogP contribution in [0.1, 0.15) is 17.3 Å². The second-order valence-electron chi connectivity index (χ2n) is 4.90. The Morgan fingerprint density at radius 1 is 1.14 bits per heavy atom. The molecular formula is C14H18O7. The van der Waals surface area contributed by atoms with Crippen LogP contribution in [0.5, 0.6) is 5.75 Å². The van der Waals surface area contributed by atoms with Gasteiger partial charge in [-0.15, -0.1) is 0 Å². The molecule has 1 aliphatic heterocycles. The van der Waals surface area contributed by atoms with E-state index in [-0.39, 0.29) is 5.78 Å². The smallest absolute Gasteiger partial charge is 0.229 e. The zero-order valence-electron chi connectivity index (χ0n) is 11.4. The monoisotopic (exact) mass is 298 g/mol. The molecule has 4 N–H and O–H groups in total. The number of carbonyl (C=O) groups excluding carboxylic acids is 1. The highest BCUT2D eigenvalue weighted by atomic mass is 16.7. The van der Waals surface area contributed by atoms with Crippen molar-refractivity contribution in [3.05, 3.63) is 29.8 Å². The SMILES string of the molecule is CC(=O)c1ccc(O[C@@H]2O[C@@H](CO)[C@@H](O)[C@@H](O)[C@@H]2O)cc1. The normalized spacial score (nSPS) is 32.7. The van der Waals surface area contributed by atoms with E-state index in [0.717, 1.165) is 0 Å². The van der Waals surface area contributed by atoms with Crippen molar-refractivity contribution >= 4 is 5.78 Å². The molecule has 0 aliphatic carbocycles. The molecule has 1 saturated heterocycles. The van der Waals surface area contributed by atoms with Crippen LogP contribution in [-0.4, -0.2) is 63.5 Å². The first kappa shape index (κ1) is 15.9. The zero-order chi connectivity index (χ0) is 15.6. The average molecular weight is 298 g/mol. The van der Waals surface area contributed by atoms with Crippen molar-refractivity contribution in [2.24, 2.45) is 0 Å². The summed E-state index contributed by atoms with van der Waals surface area (Å²) in [5, 5.41) is 38.2. The Labute approximate surface area is 121 Å². The molecule has 0 aromatic heterocycles. The predicted molar refractivity (Wildman–Crippen MR) is 70.8 cm³/mol. The summed E-state index contributed by atoms with van der Waals surface area (Å²) in [6.07, 6.45) is -6.63. The molecule has 1 heterocycles. The van der Waals surface area contributed by atoms with E-state index < -0.39 is 37.3 Å². The van der Waals surface area contributed by atoms with Gasteiger partial charge in [-0.1, -0.05) is 0 Å². The third-order valence-electron chi connectivity index (χ3n) is 3.36. The van der Waals surface area contributed by atoms with Gasteiger partial charge in [0.2, 0.25) is 6.29 Å². The summed E-state index contributed by atoms with van der Waals surface area (Å²) in [6, 6.07) is 6.17. The molecule has 1 aromatic rings. The largest absolute Gasteiger partial charge is 0.462 e. The van der Waals surface area contributed by atoms with Crippen molar-refractivity contribution in [3.63, 3.8) is 0 Å². The molecule has 1 aliphatic rings. The first-order valence-electron chi connectivity index (χ1n) is 6.52. The maximum Gasteiger partial charge on any atom is 0.229 e. The minimum atomic E-state index is -1.49. The standard InChI is InChI=1S/C14H18O7/c1-7(16)8-2-4-9(5-3-8)20-14-13(19)12(18)11(17)10(6-15)21-14/h2-5,10-15,17-19H,6H2,1H3/t10-,11+,12+,13-,14+/m0/s1. The number of hydrogen-bond donors (Lipinski definition) is 4. The second kappa shape index (κ2) is 6.50. The third kappa shape index (κ3) is 3.39. The molecule has 116 valence electrons. The molecule has 0 bridgehead atoms. The summed E-state index contributed by atoms with van der Waals surface area (Å²) in [5.41, 5.74) is 0.510. The molecule has 21 heavy (non-hydrogen) atoms. The molecule has 5 atom stereocenters.